The van der Waals surface area contributed by atoms with Crippen LogP contribution in [0.3, 0.4) is 0 Å². The molecule has 0 fully saturated rings. The molecule has 0 aliphatic carbocycles. The summed E-state index contributed by atoms with van der Waals surface area (Å²) in [6, 6.07) is 6.09. The van der Waals surface area contributed by atoms with Crippen molar-refractivity contribution >= 4 is 5.96 Å². The van der Waals surface area contributed by atoms with Crippen LogP contribution in [-0.4, -0.2) is 37.6 Å². The van der Waals surface area contributed by atoms with Crippen molar-refractivity contribution in [3.05, 3.63) is 30.1 Å². The number of hydrogen-bond acceptors (Lipinski definition) is 2. The minimum absolute atomic E-state index is 0.106. The molecule has 0 bridgehead atoms. The van der Waals surface area contributed by atoms with Gasteiger partial charge in [0.15, 0.2) is 5.96 Å². The lowest BCUT2D eigenvalue weighted by atomic mass is 10.2. The maximum atomic E-state index is 13.0. The fraction of sp³-hybridized carbons (Fsp3) is 0.462. The Morgan fingerprint density at radius 1 is 1.50 bits per heavy atom. The van der Waals surface area contributed by atoms with Gasteiger partial charge in [-0.1, -0.05) is 13.0 Å². The zero-order chi connectivity index (χ0) is 13.5. The topological polar surface area (TPSA) is 50.8 Å². The summed E-state index contributed by atoms with van der Waals surface area (Å²) in [6.45, 7) is 2.45. The van der Waals surface area contributed by atoms with E-state index in [0.29, 0.717) is 18.3 Å². The Morgan fingerprint density at radius 2 is 2.22 bits per heavy atom. The third-order valence-corrected chi connectivity index (χ3v) is 2.47. The number of guanidine groups is 1. The summed E-state index contributed by atoms with van der Waals surface area (Å²) in [6.07, 6.45) is 0.672. The molecule has 0 radical (unpaired) electrons. The Balaban J connectivity index is 2.60. The van der Waals surface area contributed by atoms with Gasteiger partial charge < -0.3 is 15.4 Å². The summed E-state index contributed by atoms with van der Waals surface area (Å²) in [4.78, 5) is 5.95. The second-order valence-corrected chi connectivity index (χ2v) is 4.20. The van der Waals surface area contributed by atoms with E-state index in [0.717, 1.165) is 6.42 Å². The van der Waals surface area contributed by atoms with E-state index in [1.165, 1.54) is 12.1 Å². The van der Waals surface area contributed by atoms with Gasteiger partial charge in [0, 0.05) is 20.2 Å². The summed E-state index contributed by atoms with van der Waals surface area (Å²) in [5.74, 6) is 0.662. The van der Waals surface area contributed by atoms with E-state index in [1.807, 2.05) is 21.0 Å². The molecule has 4 nitrogen and oxygen atoms in total. The summed E-state index contributed by atoms with van der Waals surface area (Å²) in [5, 5.41) is 0. The van der Waals surface area contributed by atoms with Crippen LogP contribution in [0.2, 0.25) is 0 Å². The fourth-order valence-corrected chi connectivity index (χ4v) is 1.32. The molecule has 0 saturated heterocycles. The van der Waals surface area contributed by atoms with E-state index >= 15 is 0 Å². The average molecular weight is 253 g/mol. The lowest BCUT2D eigenvalue weighted by Crippen LogP contribution is -2.32. The van der Waals surface area contributed by atoms with Gasteiger partial charge >= 0.3 is 0 Å². The number of benzene rings is 1. The third kappa shape index (κ3) is 4.61. The minimum atomic E-state index is -0.307. The van der Waals surface area contributed by atoms with Crippen LogP contribution in [-0.2, 0) is 0 Å². The largest absolute Gasteiger partial charge is 0.488 e. The van der Waals surface area contributed by atoms with E-state index in [2.05, 4.69) is 4.99 Å². The van der Waals surface area contributed by atoms with Crippen molar-refractivity contribution in [2.45, 2.75) is 19.4 Å². The van der Waals surface area contributed by atoms with Crippen molar-refractivity contribution < 1.29 is 9.13 Å². The SMILES string of the molecule is CCC(CN=C(N)N(C)C)Oc1cccc(F)c1. The van der Waals surface area contributed by atoms with Crippen LogP contribution in [0.1, 0.15) is 13.3 Å². The highest BCUT2D eigenvalue weighted by atomic mass is 19.1. The van der Waals surface area contributed by atoms with Gasteiger partial charge in [-0.15, -0.1) is 0 Å². The highest BCUT2D eigenvalue weighted by molar-refractivity contribution is 5.77. The second kappa shape index (κ2) is 6.83. The minimum Gasteiger partial charge on any atom is -0.488 e. The van der Waals surface area contributed by atoms with E-state index in [4.69, 9.17) is 10.5 Å². The summed E-state index contributed by atoms with van der Waals surface area (Å²) in [5.41, 5.74) is 5.70. The fourth-order valence-electron chi connectivity index (χ4n) is 1.32. The molecule has 0 aliphatic rings. The normalized spacial score (nSPS) is 13.2. The van der Waals surface area contributed by atoms with Crippen LogP contribution in [0.4, 0.5) is 4.39 Å². The van der Waals surface area contributed by atoms with Crippen molar-refractivity contribution in [2.24, 2.45) is 10.7 Å². The first-order valence-electron chi connectivity index (χ1n) is 5.92. The first kappa shape index (κ1) is 14.3. The van der Waals surface area contributed by atoms with Crippen LogP contribution >= 0.6 is 0 Å². The van der Waals surface area contributed by atoms with Crippen molar-refractivity contribution in [1.82, 2.24) is 4.90 Å². The van der Waals surface area contributed by atoms with Gasteiger partial charge in [0.2, 0.25) is 0 Å². The molecule has 1 atom stereocenters. The van der Waals surface area contributed by atoms with Crippen LogP contribution in [0, 0.1) is 5.82 Å². The Kier molecular flexibility index (Phi) is 5.42. The zero-order valence-electron chi connectivity index (χ0n) is 11.1. The monoisotopic (exact) mass is 253 g/mol. The molecule has 1 aromatic carbocycles. The molecule has 100 valence electrons. The van der Waals surface area contributed by atoms with Crippen molar-refractivity contribution in [3.63, 3.8) is 0 Å². The standard InChI is InChI=1S/C13H20FN3O/c1-4-11(9-16-13(15)17(2)3)18-12-7-5-6-10(14)8-12/h5-8,11H,4,9H2,1-3H3,(H2,15,16). The van der Waals surface area contributed by atoms with E-state index < -0.39 is 0 Å². The lowest BCUT2D eigenvalue weighted by molar-refractivity contribution is 0.204. The highest BCUT2D eigenvalue weighted by Crippen LogP contribution is 2.15. The number of hydrogen-bond donors (Lipinski definition) is 1. The number of aliphatic imine (C=N–C) groups is 1. The Hall–Kier alpha value is -1.78. The average Bonchev–Trinajstić information content (AvgIpc) is 2.33. The molecule has 0 spiro atoms. The van der Waals surface area contributed by atoms with Crippen LogP contribution < -0.4 is 10.5 Å². The second-order valence-electron chi connectivity index (χ2n) is 4.20. The van der Waals surface area contributed by atoms with Gasteiger partial charge in [-0.2, -0.15) is 0 Å². The van der Waals surface area contributed by atoms with Gasteiger partial charge in [-0.05, 0) is 18.6 Å². The van der Waals surface area contributed by atoms with Crippen LogP contribution in [0.25, 0.3) is 0 Å². The molecule has 5 heteroatoms. The third-order valence-electron chi connectivity index (χ3n) is 2.47. The Bertz CT molecular complexity index is 407. The molecule has 0 aromatic heterocycles. The quantitative estimate of drug-likeness (QED) is 0.643. The maximum absolute atomic E-state index is 13.0. The first-order chi connectivity index (χ1) is 8.52. The predicted octanol–water partition coefficient (Wildman–Crippen LogP) is 1.86. The Morgan fingerprint density at radius 3 is 2.78 bits per heavy atom. The molecule has 18 heavy (non-hydrogen) atoms. The van der Waals surface area contributed by atoms with Gasteiger partial charge in [0.25, 0.3) is 0 Å². The molecule has 0 saturated carbocycles. The van der Waals surface area contributed by atoms with Crippen LogP contribution in [0.5, 0.6) is 5.75 Å². The number of nitrogens with two attached hydrogens (primary N) is 1. The maximum Gasteiger partial charge on any atom is 0.190 e. The molecular formula is C13H20FN3O. The van der Waals surface area contributed by atoms with Crippen LogP contribution in [0.15, 0.2) is 29.3 Å². The Labute approximate surface area is 107 Å². The van der Waals surface area contributed by atoms with Gasteiger partial charge in [0.05, 0.1) is 6.54 Å². The molecule has 0 heterocycles. The van der Waals surface area contributed by atoms with Gasteiger partial charge in [-0.25, -0.2) is 9.38 Å². The predicted molar refractivity (Wildman–Crippen MR) is 71.3 cm³/mol. The highest BCUT2D eigenvalue weighted by Gasteiger charge is 2.08. The molecule has 1 aromatic rings. The molecule has 1 unspecified atom stereocenters. The van der Waals surface area contributed by atoms with Crippen molar-refractivity contribution in [3.8, 4) is 5.75 Å². The van der Waals surface area contributed by atoms with Gasteiger partial charge in [0.1, 0.15) is 17.7 Å². The molecule has 2 N–H and O–H groups in total. The van der Waals surface area contributed by atoms with E-state index in [-0.39, 0.29) is 11.9 Å². The molecular weight excluding hydrogens is 233 g/mol. The first-order valence-corrected chi connectivity index (χ1v) is 5.92. The van der Waals surface area contributed by atoms with Gasteiger partial charge in [-0.3, -0.25) is 0 Å². The molecule has 1 rings (SSSR count). The van der Waals surface area contributed by atoms with Crippen molar-refractivity contribution in [2.75, 3.05) is 20.6 Å². The number of halogens is 1. The number of nitrogens with zero attached hydrogens (tertiary/aromatic N) is 2. The summed E-state index contributed by atoms with van der Waals surface area (Å²) in [7, 11) is 3.65. The number of rotatable bonds is 5. The summed E-state index contributed by atoms with van der Waals surface area (Å²) >= 11 is 0. The smallest absolute Gasteiger partial charge is 0.190 e. The molecule has 0 amide bonds. The van der Waals surface area contributed by atoms with E-state index in [9.17, 15) is 4.39 Å². The zero-order valence-corrected chi connectivity index (χ0v) is 11.1. The summed E-state index contributed by atoms with van der Waals surface area (Å²) < 4.78 is 18.7. The lowest BCUT2D eigenvalue weighted by Gasteiger charge is -2.17. The molecule has 0 aliphatic heterocycles. The van der Waals surface area contributed by atoms with E-state index in [1.54, 1.807) is 17.0 Å². The number of ether oxygens (including phenoxy) is 1. The van der Waals surface area contributed by atoms with Crippen molar-refractivity contribution in [1.29, 1.82) is 0 Å².